The van der Waals surface area contributed by atoms with E-state index in [-0.39, 0.29) is 12.5 Å². The van der Waals surface area contributed by atoms with E-state index in [1.54, 1.807) is 6.92 Å². The van der Waals surface area contributed by atoms with E-state index in [9.17, 15) is 35.4 Å². The molecule has 0 bridgehead atoms. The van der Waals surface area contributed by atoms with Crippen LogP contribution in [0.3, 0.4) is 0 Å². The van der Waals surface area contributed by atoms with E-state index in [1.807, 2.05) is 20.8 Å². The lowest BCUT2D eigenvalue weighted by molar-refractivity contribution is -0.278. The van der Waals surface area contributed by atoms with Crippen molar-refractivity contribution in [3.05, 3.63) is 11.6 Å². The highest BCUT2D eigenvalue weighted by atomic mass is 16.4. The van der Waals surface area contributed by atoms with Gasteiger partial charge in [-0.3, -0.25) is 4.79 Å². The minimum Gasteiger partial charge on any atom is -0.481 e. The second kappa shape index (κ2) is 8.06. The Balaban J connectivity index is 1.70. The van der Waals surface area contributed by atoms with Crippen LogP contribution in [-0.2, 0) is 4.79 Å². The van der Waals surface area contributed by atoms with Gasteiger partial charge in [0.25, 0.3) is 0 Å². The van der Waals surface area contributed by atoms with Gasteiger partial charge in [-0.05, 0) is 72.5 Å². The number of hydrogen-bond acceptors (Lipinski definition) is 6. The number of carboxylic acids is 1. The van der Waals surface area contributed by atoms with Crippen molar-refractivity contribution in [3.8, 4) is 0 Å². The molecule has 4 fully saturated rings. The first-order valence-corrected chi connectivity index (χ1v) is 14.6. The van der Waals surface area contributed by atoms with Crippen LogP contribution >= 0.6 is 0 Å². The van der Waals surface area contributed by atoms with Gasteiger partial charge in [0, 0.05) is 16.7 Å². The molecule has 38 heavy (non-hydrogen) atoms. The Morgan fingerprint density at radius 1 is 0.895 bits per heavy atom. The van der Waals surface area contributed by atoms with Crippen molar-refractivity contribution >= 4 is 5.97 Å². The SMILES string of the molecule is CC1(C)CC[C@]2(C(=O)O)CC[C@]3(C)C(=CC[C@@H]4[C@@]5(C)C[C@@H](O)[C@H](O)[C@@](C)(CO)[C@@H]5[C@H](O)C[C@]43C)[C@]2(C)[C@@H]1O. The molecule has 5 rings (SSSR count). The quantitative estimate of drug-likeness (QED) is 0.298. The molecule has 0 aromatic carbocycles. The summed E-state index contributed by atoms with van der Waals surface area (Å²) in [5.41, 5.74) is -3.91. The molecular formula is C31H50O7. The zero-order valence-electron chi connectivity index (χ0n) is 24.3. The number of rotatable bonds is 2. The molecule has 5 aliphatic carbocycles. The van der Waals surface area contributed by atoms with Crippen LogP contribution in [0.15, 0.2) is 11.6 Å². The van der Waals surface area contributed by atoms with Crippen molar-refractivity contribution in [2.24, 2.45) is 49.7 Å². The molecule has 0 spiro atoms. The van der Waals surface area contributed by atoms with Crippen molar-refractivity contribution in [2.75, 3.05) is 6.61 Å². The maximum atomic E-state index is 13.0. The van der Waals surface area contributed by atoms with Gasteiger partial charge in [0.2, 0.25) is 0 Å². The molecule has 0 aromatic rings. The molecule has 0 unspecified atom stereocenters. The molecule has 5 aliphatic rings. The zero-order chi connectivity index (χ0) is 28.5. The van der Waals surface area contributed by atoms with E-state index in [4.69, 9.17) is 0 Å². The third-order valence-corrected chi connectivity index (χ3v) is 13.9. The summed E-state index contributed by atoms with van der Waals surface area (Å²) in [5.74, 6) is -1.19. The number of carbonyl (C=O) groups is 1. The average molecular weight is 535 g/mol. The van der Waals surface area contributed by atoms with Crippen LogP contribution in [0.2, 0.25) is 0 Å². The van der Waals surface area contributed by atoms with Gasteiger partial charge in [-0.25, -0.2) is 0 Å². The van der Waals surface area contributed by atoms with E-state index in [2.05, 4.69) is 26.8 Å². The first-order chi connectivity index (χ1) is 17.3. The maximum absolute atomic E-state index is 13.0. The van der Waals surface area contributed by atoms with Crippen LogP contribution < -0.4 is 0 Å². The Morgan fingerprint density at radius 2 is 1.50 bits per heavy atom. The van der Waals surface area contributed by atoms with E-state index in [0.29, 0.717) is 44.9 Å². The van der Waals surface area contributed by atoms with Gasteiger partial charge in [-0.15, -0.1) is 0 Å². The summed E-state index contributed by atoms with van der Waals surface area (Å²) < 4.78 is 0. The molecule has 0 aliphatic heterocycles. The highest BCUT2D eigenvalue weighted by Crippen LogP contribution is 2.78. The van der Waals surface area contributed by atoms with Crippen molar-refractivity contribution in [2.45, 2.75) is 118 Å². The topological polar surface area (TPSA) is 138 Å². The van der Waals surface area contributed by atoms with Crippen LogP contribution in [0.1, 0.15) is 93.4 Å². The molecule has 0 radical (unpaired) electrons. The monoisotopic (exact) mass is 534 g/mol. The fourth-order valence-corrected chi connectivity index (χ4v) is 11.7. The second-order valence-electron chi connectivity index (χ2n) is 15.8. The minimum absolute atomic E-state index is 0.0415. The van der Waals surface area contributed by atoms with E-state index >= 15 is 0 Å². The Kier molecular flexibility index (Phi) is 6.05. The number of allylic oxidation sites excluding steroid dienone is 1. The van der Waals surface area contributed by atoms with Crippen molar-refractivity contribution in [1.82, 2.24) is 0 Å². The van der Waals surface area contributed by atoms with Crippen LogP contribution in [0.4, 0.5) is 0 Å². The third-order valence-electron chi connectivity index (χ3n) is 13.9. The molecule has 0 heterocycles. The number of fused-ring (bicyclic) bond motifs is 7. The lowest BCUT2D eigenvalue weighted by Crippen LogP contribution is -2.73. The molecule has 216 valence electrons. The van der Waals surface area contributed by atoms with Gasteiger partial charge in [0.1, 0.15) is 0 Å². The van der Waals surface area contributed by atoms with Crippen LogP contribution in [0.5, 0.6) is 0 Å². The fraction of sp³-hybridized carbons (Fsp3) is 0.903. The lowest BCUT2D eigenvalue weighted by atomic mass is 9.30. The van der Waals surface area contributed by atoms with Gasteiger partial charge >= 0.3 is 5.97 Å². The Morgan fingerprint density at radius 3 is 2.08 bits per heavy atom. The number of aliphatic carboxylic acids is 1. The van der Waals surface area contributed by atoms with Crippen molar-refractivity contribution in [3.63, 3.8) is 0 Å². The molecule has 6 N–H and O–H groups in total. The van der Waals surface area contributed by atoms with Gasteiger partial charge in [-0.2, -0.15) is 0 Å². The third kappa shape index (κ3) is 2.96. The van der Waals surface area contributed by atoms with Crippen molar-refractivity contribution in [1.29, 1.82) is 0 Å². The summed E-state index contributed by atoms with van der Waals surface area (Å²) in [6, 6.07) is 0. The molecule has 4 saturated carbocycles. The highest BCUT2D eigenvalue weighted by molar-refractivity contribution is 5.78. The first kappa shape index (κ1) is 28.5. The smallest absolute Gasteiger partial charge is 0.310 e. The molecule has 12 atom stereocenters. The summed E-state index contributed by atoms with van der Waals surface area (Å²) in [6.45, 7) is 14.1. The summed E-state index contributed by atoms with van der Waals surface area (Å²) in [4.78, 5) is 13.0. The first-order valence-electron chi connectivity index (χ1n) is 14.6. The van der Waals surface area contributed by atoms with Crippen LogP contribution in [0, 0.1) is 49.7 Å². The predicted molar refractivity (Wildman–Crippen MR) is 143 cm³/mol. The fourth-order valence-electron chi connectivity index (χ4n) is 11.7. The Labute approximate surface area is 227 Å². The number of hydrogen-bond donors (Lipinski definition) is 6. The highest BCUT2D eigenvalue weighted by Gasteiger charge is 2.76. The van der Waals surface area contributed by atoms with Crippen molar-refractivity contribution < 1.29 is 35.4 Å². The largest absolute Gasteiger partial charge is 0.481 e. The zero-order valence-corrected chi connectivity index (χ0v) is 24.3. The Hall–Kier alpha value is -0.990. The summed E-state index contributed by atoms with van der Waals surface area (Å²) in [7, 11) is 0. The van der Waals surface area contributed by atoms with Gasteiger partial charge in [0.15, 0.2) is 0 Å². The second-order valence-corrected chi connectivity index (χ2v) is 15.8. The number of aliphatic hydroxyl groups excluding tert-OH is 5. The average Bonchev–Trinajstić information content (AvgIpc) is 2.81. The predicted octanol–water partition coefficient (Wildman–Crippen LogP) is 3.51. The molecule has 7 nitrogen and oxygen atoms in total. The number of aliphatic hydroxyl groups is 5. The molecule has 0 aromatic heterocycles. The number of carboxylic acid groups (broad SMARTS) is 1. The Bertz CT molecular complexity index is 1050. The molecular weight excluding hydrogens is 484 g/mol. The molecule has 7 heteroatoms. The molecule has 0 saturated heterocycles. The lowest BCUT2D eigenvalue weighted by Gasteiger charge is -2.74. The van der Waals surface area contributed by atoms with Gasteiger partial charge < -0.3 is 30.6 Å². The molecule has 0 amide bonds. The van der Waals surface area contributed by atoms with Gasteiger partial charge in [0.05, 0.1) is 36.4 Å². The maximum Gasteiger partial charge on any atom is 0.310 e. The summed E-state index contributed by atoms with van der Waals surface area (Å²) in [6.07, 6.45) is 2.17. The van der Waals surface area contributed by atoms with Crippen LogP contribution in [-0.4, -0.2) is 67.6 Å². The van der Waals surface area contributed by atoms with E-state index in [0.717, 1.165) is 5.57 Å². The summed E-state index contributed by atoms with van der Waals surface area (Å²) >= 11 is 0. The standard InChI is InChI=1S/C31H50O7/c1-25(2)10-12-31(24(37)38)13-11-28(5)20(30(31,7)23(25)36)9-8-19-26(3)14-18(34)22(35)27(4,16-32)21(26)17(33)15-29(19,28)6/h9,17-19,21-23,32-36H,8,10-16H2,1-7H3,(H,37,38)/t17-,18-,19-,21-,22+,23-,26-,27+,28-,29-,30-,31-/m1/s1. The van der Waals surface area contributed by atoms with E-state index in [1.165, 1.54) is 0 Å². The van der Waals surface area contributed by atoms with E-state index < -0.39 is 74.2 Å². The summed E-state index contributed by atoms with van der Waals surface area (Å²) in [5, 5.41) is 66.9. The normalized spacial score (nSPS) is 57.5. The van der Waals surface area contributed by atoms with Crippen LogP contribution in [0.25, 0.3) is 0 Å². The minimum atomic E-state index is -1.13. The van der Waals surface area contributed by atoms with Gasteiger partial charge in [-0.1, -0.05) is 60.1 Å².